The van der Waals surface area contributed by atoms with Gasteiger partial charge in [0.05, 0.1) is 17.8 Å². The minimum Gasteiger partial charge on any atom is -0.493 e. The van der Waals surface area contributed by atoms with E-state index in [2.05, 4.69) is 5.32 Å². The molecule has 33 heavy (non-hydrogen) atoms. The van der Waals surface area contributed by atoms with Crippen LogP contribution in [0.2, 0.25) is 15.1 Å². The molecule has 0 saturated heterocycles. The van der Waals surface area contributed by atoms with Gasteiger partial charge in [0.15, 0.2) is 11.5 Å². The molecule has 0 aliphatic heterocycles. The van der Waals surface area contributed by atoms with Gasteiger partial charge in [0.25, 0.3) is 5.91 Å². The smallest absolute Gasteiger partial charge is 0.266 e. The molecule has 1 amide bonds. The zero-order valence-corrected chi connectivity index (χ0v) is 19.4. The van der Waals surface area contributed by atoms with Gasteiger partial charge in [-0.1, -0.05) is 53.0 Å². The summed E-state index contributed by atoms with van der Waals surface area (Å²) in [4.78, 5) is 12.4. The van der Waals surface area contributed by atoms with E-state index in [-0.39, 0.29) is 34.4 Å². The quantitative estimate of drug-likeness (QED) is 0.279. The number of nitrogens with one attached hydrogen (secondary N) is 1. The number of hydrogen-bond donors (Lipinski definition) is 1. The molecule has 0 spiro atoms. The lowest BCUT2D eigenvalue weighted by atomic mass is 10.1. The molecule has 168 valence electrons. The maximum Gasteiger partial charge on any atom is 0.266 e. The van der Waals surface area contributed by atoms with Crippen LogP contribution in [0, 0.1) is 17.1 Å². The van der Waals surface area contributed by atoms with Crippen LogP contribution in [-0.4, -0.2) is 13.0 Å². The summed E-state index contributed by atoms with van der Waals surface area (Å²) >= 11 is 18.5. The number of halogens is 4. The highest BCUT2D eigenvalue weighted by molar-refractivity contribution is 6.35. The van der Waals surface area contributed by atoms with E-state index in [9.17, 15) is 14.4 Å². The first-order valence-corrected chi connectivity index (χ1v) is 10.6. The molecule has 5 nitrogen and oxygen atoms in total. The van der Waals surface area contributed by atoms with Crippen LogP contribution in [0.15, 0.2) is 60.2 Å². The van der Waals surface area contributed by atoms with Crippen molar-refractivity contribution in [3.63, 3.8) is 0 Å². The van der Waals surface area contributed by atoms with Crippen molar-refractivity contribution in [2.75, 3.05) is 12.4 Å². The summed E-state index contributed by atoms with van der Waals surface area (Å²) in [5.74, 6) is -0.840. The molecule has 0 atom stereocenters. The lowest BCUT2D eigenvalue weighted by Gasteiger charge is -2.14. The monoisotopic (exact) mass is 504 g/mol. The largest absolute Gasteiger partial charge is 0.493 e. The minimum absolute atomic E-state index is 0.0381. The van der Waals surface area contributed by atoms with Crippen molar-refractivity contribution in [3.8, 4) is 17.6 Å². The summed E-state index contributed by atoms with van der Waals surface area (Å²) in [7, 11) is 1.43. The van der Waals surface area contributed by atoms with Gasteiger partial charge in [-0.15, -0.1) is 0 Å². The van der Waals surface area contributed by atoms with Crippen LogP contribution in [0.25, 0.3) is 6.08 Å². The zero-order chi connectivity index (χ0) is 24.0. The van der Waals surface area contributed by atoms with Crippen molar-refractivity contribution in [2.24, 2.45) is 0 Å². The summed E-state index contributed by atoms with van der Waals surface area (Å²) in [6.45, 7) is 0.107. The summed E-state index contributed by atoms with van der Waals surface area (Å²) in [6.07, 6.45) is 1.31. The Bertz CT molecular complexity index is 1270. The number of benzene rings is 3. The molecular formula is C24H16Cl3FN2O3. The van der Waals surface area contributed by atoms with Crippen LogP contribution in [0.4, 0.5) is 10.1 Å². The van der Waals surface area contributed by atoms with E-state index in [1.54, 1.807) is 36.4 Å². The van der Waals surface area contributed by atoms with E-state index in [0.717, 1.165) is 0 Å². The van der Waals surface area contributed by atoms with Gasteiger partial charge in [-0.25, -0.2) is 4.39 Å². The molecule has 0 aliphatic rings. The molecule has 0 aliphatic carbocycles. The average molecular weight is 506 g/mol. The number of carbonyl (C=O) groups is 1. The highest BCUT2D eigenvalue weighted by atomic mass is 35.5. The van der Waals surface area contributed by atoms with Crippen molar-refractivity contribution in [3.05, 3.63) is 92.2 Å². The van der Waals surface area contributed by atoms with Crippen LogP contribution in [-0.2, 0) is 11.4 Å². The number of ether oxygens (including phenoxy) is 2. The third-order valence-corrected chi connectivity index (χ3v) is 5.30. The number of carbonyl (C=O) groups excluding carboxylic acids is 1. The van der Waals surface area contributed by atoms with Crippen LogP contribution in [0.1, 0.15) is 11.1 Å². The van der Waals surface area contributed by atoms with E-state index in [1.807, 2.05) is 0 Å². The number of nitrogens with zero attached hydrogens (tertiary/aromatic N) is 1. The number of methoxy groups -OCH3 is 1. The second kappa shape index (κ2) is 11.1. The Labute approximate surface area is 204 Å². The number of nitriles is 1. The molecule has 3 aromatic carbocycles. The third-order valence-electron chi connectivity index (χ3n) is 4.44. The Balaban J connectivity index is 1.84. The van der Waals surface area contributed by atoms with Crippen molar-refractivity contribution in [1.82, 2.24) is 0 Å². The standard InChI is InChI=1S/C24H16Cl3FN2O3/c1-32-22-10-14(8-16(12-29)24(31)30-21-5-3-2-4-20(21)28)9-19(27)23(22)33-13-15-6-7-17(25)11-18(15)26/h2-11H,13H2,1H3,(H,30,31)/b16-8-. The number of hydrogen-bond acceptors (Lipinski definition) is 4. The molecule has 0 bridgehead atoms. The number of para-hydroxylation sites is 1. The van der Waals surface area contributed by atoms with Gasteiger partial charge in [-0.2, -0.15) is 5.26 Å². The fourth-order valence-corrected chi connectivity index (χ4v) is 3.56. The maximum absolute atomic E-state index is 13.8. The van der Waals surface area contributed by atoms with Crippen LogP contribution in [0.5, 0.6) is 11.5 Å². The molecule has 9 heteroatoms. The van der Waals surface area contributed by atoms with Crippen LogP contribution >= 0.6 is 34.8 Å². The summed E-state index contributed by atoms with van der Waals surface area (Å²) < 4.78 is 25.0. The van der Waals surface area contributed by atoms with E-state index in [1.165, 1.54) is 37.5 Å². The molecule has 0 heterocycles. The first kappa shape index (κ1) is 24.4. The molecule has 0 saturated carbocycles. The SMILES string of the molecule is COc1cc(/C=C(/C#N)C(=O)Nc2ccccc2F)cc(Cl)c1OCc1ccc(Cl)cc1Cl. The third kappa shape index (κ3) is 6.17. The maximum atomic E-state index is 13.8. The fraction of sp³-hybridized carbons (Fsp3) is 0.0833. The van der Waals surface area contributed by atoms with Gasteiger partial charge in [0, 0.05) is 15.6 Å². The molecule has 0 fully saturated rings. The van der Waals surface area contributed by atoms with E-state index >= 15 is 0 Å². The lowest BCUT2D eigenvalue weighted by Crippen LogP contribution is -2.14. The normalized spacial score (nSPS) is 11.0. The Hall–Kier alpha value is -3.24. The van der Waals surface area contributed by atoms with Gasteiger partial charge in [0.2, 0.25) is 0 Å². The van der Waals surface area contributed by atoms with Crippen molar-refractivity contribution < 1.29 is 18.7 Å². The van der Waals surface area contributed by atoms with Crippen LogP contribution < -0.4 is 14.8 Å². The number of amides is 1. The molecular weight excluding hydrogens is 490 g/mol. The molecule has 3 aromatic rings. The highest BCUT2D eigenvalue weighted by Crippen LogP contribution is 2.38. The fourth-order valence-electron chi connectivity index (χ4n) is 2.82. The number of rotatable bonds is 7. The first-order valence-electron chi connectivity index (χ1n) is 9.44. The van der Waals surface area contributed by atoms with Gasteiger partial charge in [-0.3, -0.25) is 4.79 Å². The minimum atomic E-state index is -0.768. The lowest BCUT2D eigenvalue weighted by molar-refractivity contribution is -0.112. The van der Waals surface area contributed by atoms with Gasteiger partial charge in [-0.05, 0) is 48.0 Å². The van der Waals surface area contributed by atoms with Gasteiger partial charge >= 0.3 is 0 Å². The van der Waals surface area contributed by atoms with E-state index < -0.39 is 11.7 Å². The van der Waals surface area contributed by atoms with Crippen molar-refractivity contribution in [1.29, 1.82) is 5.26 Å². The topological polar surface area (TPSA) is 71.3 Å². The molecule has 0 aromatic heterocycles. The average Bonchev–Trinajstić information content (AvgIpc) is 2.78. The predicted molar refractivity (Wildman–Crippen MR) is 127 cm³/mol. The second-order valence-corrected chi connectivity index (χ2v) is 7.91. The summed E-state index contributed by atoms with van der Waals surface area (Å²) in [6, 6.07) is 15.5. The highest BCUT2D eigenvalue weighted by Gasteiger charge is 2.16. The van der Waals surface area contributed by atoms with Gasteiger partial charge < -0.3 is 14.8 Å². The first-order chi connectivity index (χ1) is 15.8. The van der Waals surface area contributed by atoms with Gasteiger partial charge in [0.1, 0.15) is 24.1 Å². The Kier molecular flexibility index (Phi) is 8.18. The van der Waals surface area contributed by atoms with Crippen LogP contribution in [0.3, 0.4) is 0 Å². The van der Waals surface area contributed by atoms with Crippen molar-refractivity contribution >= 4 is 52.5 Å². The molecule has 1 N–H and O–H groups in total. The molecule has 0 unspecified atom stereocenters. The Morgan fingerprint density at radius 2 is 1.88 bits per heavy atom. The Morgan fingerprint density at radius 3 is 2.55 bits per heavy atom. The van der Waals surface area contributed by atoms with E-state index in [0.29, 0.717) is 21.2 Å². The number of anilines is 1. The summed E-state index contributed by atoms with van der Waals surface area (Å²) in [5.41, 5.74) is 0.815. The molecule has 0 radical (unpaired) electrons. The Morgan fingerprint density at radius 1 is 1.12 bits per heavy atom. The molecule has 3 rings (SSSR count). The van der Waals surface area contributed by atoms with Crippen molar-refractivity contribution in [2.45, 2.75) is 6.61 Å². The second-order valence-electron chi connectivity index (χ2n) is 6.66. The van der Waals surface area contributed by atoms with E-state index in [4.69, 9.17) is 44.3 Å². The predicted octanol–water partition coefficient (Wildman–Crippen LogP) is 6.92. The zero-order valence-electron chi connectivity index (χ0n) is 17.2. The summed E-state index contributed by atoms with van der Waals surface area (Å²) in [5, 5.41) is 12.9.